The number of rotatable bonds is 0. The van der Waals surface area contributed by atoms with E-state index in [9.17, 15) is 13.2 Å². The van der Waals surface area contributed by atoms with Crippen LogP contribution in [0, 0.1) is 0 Å². The molecule has 2 aromatic carbocycles. The van der Waals surface area contributed by atoms with Crippen molar-refractivity contribution in [2.75, 3.05) is 5.73 Å². The van der Waals surface area contributed by atoms with Gasteiger partial charge < -0.3 is 5.73 Å². The molecule has 0 bridgehead atoms. The summed E-state index contributed by atoms with van der Waals surface area (Å²) in [6.07, 6.45) is -4.37. The van der Waals surface area contributed by atoms with E-state index in [-0.39, 0.29) is 11.1 Å². The van der Waals surface area contributed by atoms with Gasteiger partial charge in [0.2, 0.25) is 0 Å². The van der Waals surface area contributed by atoms with Crippen LogP contribution in [-0.2, 0) is 6.18 Å². The maximum atomic E-state index is 12.6. The zero-order chi connectivity index (χ0) is 11.1. The Hall–Kier alpha value is -1.71. The predicted molar refractivity (Wildman–Crippen MR) is 53.4 cm³/mol. The predicted octanol–water partition coefficient (Wildman–Crippen LogP) is 3.44. The second-order valence-corrected chi connectivity index (χ2v) is 3.25. The molecule has 1 nitrogen and oxygen atoms in total. The molecular formula is C11H8F3N. The number of hydrogen-bond donors (Lipinski definition) is 1. The Morgan fingerprint density at radius 2 is 1.53 bits per heavy atom. The third kappa shape index (κ3) is 1.63. The number of nitrogens with two attached hydrogens (primary N) is 1. The normalized spacial score (nSPS) is 11.9. The summed E-state index contributed by atoms with van der Waals surface area (Å²) < 4.78 is 37.9. The first-order valence-corrected chi connectivity index (χ1v) is 4.34. The highest BCUT2D eigenvalue weighted by atomic mass is 19.4. The molecule has 0 saturated heterocycles. The standard InChI is InChI=1S/C11H8F3N/c12-11(13,14)8-5-1-3-7-4-2-6-9(15)10(7)8/h1-6H,15H2. The highest BCUT2D eigenvalue weighted by Gasteiger charge is 2.32. The summed E-state index contributed by atoms with van der Waals surface area (Å²) >= 11 is 0. The van der Waals surface area contributed by atoms with Gasteiger partial charge in [0, 0.05) is 11.1 Å². The third-order valence-electron chi connectivity index (χ3n) is 2.24. The first kappa shape index (κ1) is 9.83. The number of fused-ring (bicyclic) bond motifs is 1. The van der Waals surface area contributed by atoms with E-state index in [1.807, 2.05) is 0 Å². The van der Waals surface area contributed by atoms with E-state index < -0.39 is 11.7 Å². The Morgan fingerprint density at radius 3 is 2.13 bits per heavy atom. The molecule has 0 unspecified atom stereocenters. The third-order valence-corrected chi connectivity index (χ3v) is 2.24. The lowest BCUT2D eigenvalue weighted by Crippen LogP contribution is -2.06. The summed E-state index contributed by atoms with van der Waals surface area (Å²) in [5, 5.41) is 0.581. The quantitative estimate of drug-likeness (QED) is 0.663. The molecule has 4 heteroatoms. The van der Waals surface area contributed by atoms with E-state index in [1.54, 1.807) is 18.2 Å². The lowest BCUT2D eigenvalue weighted by molar-refractivity contribution is -0.136. The number of hydrogen-bond acceptors (Lipinski definition) is 1. The monoisotopic (exact) mass is 211 g/mol. The zero-order valence-corrected chi connectivity index (χ0v) is 7.68. The molecule has 0 aliphatic heterocycles. The van der Waals surface area contributed by atoms with Crippen molar-refractivity contribution in [3.05, 3.63) is 42.0 Å². The van der Waals surface area contributed by atoms with Crippen molar-refractivity contribution >= 4 is 16.5 Å². The van der Waals surface area contributed by atoms with Crippen LogP contribution in [0.1, 0.15) is 5.56 Å². The summed E-state index contributed by atoms with van der Waals surface area (Å²) in [5.41, 5.74) is 5.02. The van der Waals surface area contributed by atoms with Gasteiger partial charge in [0.05, 0.1) is 5.56 Å². The largest absolute Gasteiger partial charge is 0.417 e. The van der Waals surface area contributed by atoms with Crippen LogP contribution in [0.5, 0.6) is 0 Å². The van der Waals surface area contributed by atoms with Gasteiger partial charge in [0.1, 0.15) is 0 Å². The van der Waals surface area contributed by atoms with Crippen molar-refractivity contribution in [1.82, 2.24) is 0 Å². The van der Waals surface area contributed by atoms with Crippen molar-refractivity contribution in [3.63, 3.8) is 0 Å². The molecule has 0 aromatic heterocycles. The maximum absolute atomic E-state index is 12.6. The Kier molecular flexibility index (Phi) is 2.07. The summed E-state index contributed by atoms with van der Waals surface area (Å²) in [6, 6.07) is 8.75. The van der Waals surface area contributed by atoms with Crippen molar-refractivity contribution < 1.29 is 13.2 Å². The SMILES string of the molecule is Nc1cccc2cccc(C(F)(F)F)c12. The van der Waals surface area contributed by atoms with Crippen LogP contribution in [0.25, 0.3) is 10.8 Å². The van der Waals surface area contributed by atoms with Crippen LogP contribution in [0.15, 0.2) is 36.4 Å². The van der Waals surface area contributed by atoms with Gasteiger partial charge in [-0.3, -0.25) is 0 Å². The number of benzene rings is 2. The molecule has 0 radical (unpaired) electrons. The fourth-order valence-electron chi connectivity index (χ4n) is 1.61. The van der Waals surface area contributed by atoms with Crippen LogP contribution < -0.4 is 5.73 Å². The van der Waals surface area contributed by atoms with Crippen LogP contribution in [0.3, 0.4) is 0 Å². The van der Waals surface area contributed by atoms with Crippen LogP contribution >= 0.6 is 0 Å². The van der Waals surface area contributed by atoms with Crippen LogP contribution in [-0.4, -0.2) is 0 Å². The smallest absolute Gasteiger partial charge is 0.398 e. The first-order valence-electron chi connectivity index (χ1n) is 4.34. The molecule has 0 saturated carbocycles. The number of nitrogen functional groups attached to an aromatic ring is 1. The molecular weight excluding hydrogens is 203 g/mol. The minimum absolute atomic E-state index is 0.0764. The molecule has 0 fully saturated rings. The number of halogens is 3. The van der Waals surface area contributed by atoms with E-state index in [4.69, 9.17) is 5.73 Å². The fourth-order valence-corrected chi connectivity index (χ4v) is 1.61. The fraction of sp³-hybridized carbons (Fsp3) is 0.0909. The summed E-state index contributed by atoms with van der Waals surface area (Å²) in [7, 11) is 0. The Balaban J connectivity index is 2.86. The Morgan fingerprint density at radius 1 is 0.933 bits per heavy atom. The highest BCUT2D eigenvalue weighted by Crippen LogP contribution is 2.36. The van der Waals surface area contributed by atoms with Crippen LogP contribution in [0.2, 0.25) is 0 Å². The lowest BCUT2D eigenvalue weighted by Gasteiger charge is -2.11. The van der Waals surface area contributed by atoms with Crippen LogP contribution in [0.4, 0.5) is 18.9 Å². The van der Waals surface area contributed by atoms with E-state index >= 15 is 0 Å². The highest BCUT2D eigenvalue weighted by molar-refractivity contribution is 5.95. The summed E-state index contributed by atoms with van der Waals surface area (Å²) in [4.78, 5) is 0. The second kappa shape index (κ2) is 3.15. The Labute approximate surface area is 84.3 Å². The van der Waals surface area contributed by atoms with Gasteiger partial charge in [0.15, 0.2) is 0 Å². The minimum atomic E-state index is -4.37. The van der Waals surface area contributed by atoms with Gasteiger partial charge in [0.25, 0.3) is 0 Å². The average Bonchev–Trinajstić information content (AvgIpc) is 2.16. The van der Waals surface area contributed by atoms with Crippen molar-refractivity contribution in [2.24, 2.45) is 0 Å². The van der Waals surface area contributed by atoms with Crippen molar-refractivity contribution in [3.8, 4) is 0 Å². The number of anilines is 1. The Bertz CT molecular complexity index is 497. The average molecular weight is 211 g/mol. The molecule has 0 aliphatic rings. The molecule has 2 aromatic rings. The molecule has 0 heterocycles. The van der Waals surface area contributed by atoms with Gasteiger partial charge in [-0.2, -0.15) is 13.2 Å². The topological polar surface area (TPSA) is 26.0 Å². The van der Waals surface area contributed by atoms with Crippen molar-refractivity contribution in [2.45, 2.75) is 6.18 Å². The molecule has 0 spiro atoms. The van der Waals surface area contributed by atoms with Gasteiger partial charge in [-0.05, 0) is 17.5 Å². The molecule has 2 rings (SSSR count). The minimum Gasteiger partial charge on any atom is -0.398 e. The number of alkyl halides is 3. The molecule has 0 atom stereocenters. The lowest BCUT2D eigenvalue weighted by atomic mass is 10.0. The van der Waals surface area contributed by atoms with E-state index in [2.05, 4.69) is 0 Å². The zero-order valence-electron chi connectivity index (χ0n) is 7.68. The summed E-state index contributed by atoms with van der Waals surface area (Å²) in [5.74, 6) is 0. The van der Waals surface area contributed by atoms with E-state index in [1.165, 1.54) is 12.1 Å². The molecule has 2 N–H and O–H groups in total. The van der Waals surface area contributed by atoms with Gasteiger partial charge in [-0.25, -0.2) is 0 Å². The van der Waals surface area contributed by atoms with E-state index in [0.717, 1.165) is 6.07 Å². The molecule has 0 amide bonds. The van der Waals surface area contributed by atoms with E-state index in [0.29, 0.717) is 5.39 Å². The maximum Gasteiger partial charge on any atom is 0.417 e. The van der Waals surface area contributed by atoms with Gasteiger partial charge in [-0.15, -0.1) is 0 Å². The molecule has 0 aliphatic carbocycles. The van der Waals surface area contributed by atoms with Crippen molar-refractivity contribution in [1.29, 1.82) is 0 Å². The molecule has 15 heavy (non-hydrogen) atoms. The second-order valence-electron chi connectivity index (χ2n) is 3.25. The first-order chi connectivity index (χ1) is 7.00. The van der Waals surface area contributed by atoms with Gasteiger partial charge in [-0.1, -0.05) is 24.3 Å². The molecule has 78 valence electrons. The van der Waals surface area contributed by atoms with Gasteiger partial charge >= 0.3 is 6.18 Å². The summed E-state index contributed by atoms with van der Waals surface area (Å²) in [6.45, 7) is 0.